The van der Waals surface area contributed by atoms with Crippen LogP contribution in [0.25, 0.3) is 23.3 Å². The Morgan fingerprint density at radius 2 is 1.71 bits per heavy atom. The largest absolute Gasteiger partial charge is 0.507 e. The van der Waals surface area contributed by atoms with Gasteiger partial charge in [0.25, 0.3) is 0 Å². The Morgan fingerprint density at radius 1 is 0.952 bits per heavy atom. The molecule has 3 heteroatoms. The summed E-state index contributed by atoms with van der Waals surface area (Å²) in [5, 5.41) is 19.8. The minimum Gasteiger partial charge on any atom is -0.507 e. The van der Waals surface area contributed by atoms with Gasteiger partial charge in [-0.05, 0) is 48.4 Å². The predicted octanol–water partition coefficient (Wildman–Crippen LogP) is 4.01. The number of carbonyl (C=O) groups excluding carboxylic acids is 1. The van der Waals surface area contributed by atoms with Crippen molar-refractivity contribution in [3.8, 4) is 22.6 Å². The van der Waals surface area contributed by atoms with E-state index in [1.807, 2.05) is 13.0 Å². The first-order valence-corrected chi connectivity index (χ1v) is 6.56. The van der Waals surface area contributed by atoms with Crippen molar-refractivity contribution in [2.75, 3.05) is 0 Å². The van der Waals surface area contributed by atoms with Crippen LogP contribution in [0.15, 0.2) is 48.6 Å². The van der Waals surface area contributed by atoms with Crippen LogP contribution in [-0.4, -0.2) is 16.5 Å². The molecule has 106 valence electrons. The van der Waals surface area contributed by atoms with Gasteiger partial charge in [-0.15, -0.1) is 0 Å². The van der Waals surface area contributed by atoms with Crippen LogP contribution in [0.4, 0.5) is 0 Å². The molecule has 2 aromatic carbocycles. The third kappa shape index (κ3) is 3.39. The normalized spacial score (nSPS) is 11.3. The van der Waals surface area contributed by atoms with Crippen molar-refractivity contribution in [2.45, 2.75) is 6.92 Å². The zero-order valence-electron chi connectivity index (χ0n) is 11.7. The third-order valence-corrected chi connectivity index (χ3v) is 3.07. The quantitative estimate of drug-likeness (QED) is 0.657. The minimum absolute atomic E-state index is 0.148. The maximum atomic E-state index is 10.4. The van der Waals surface area contributed by atoms with Crippen molar-refractivity contribution in [3.05, 3.63) is 59.7 Å². The van der Waals surface area contributed by atoms with Crippen LogP contribution >= 0.6 is 0 Å². The van der Waals surface area contributed by atoms with Crippen molar-refractivity contribution in [1.29, 1.82) is 0 Å². The number of aldehydes is 1. The van der Waals surface area contributed by atoms with Crippen molar-refractivity contribution in [1.82, 2.24) is 0 Å². The molecule has 0 amide bonds. The second-order valence-electron chi connectivity index (χ2n) is 4.55. The maximum absolute atomic E-state index is 10.4. The number of hydrogen-bond acceptors (Lipinski definition) is 3. The summed E-state index contributed by atoms with van der Waals surface area (Å²) in [6, 6.07) is 10.2. The molecule has 0 saturated heterocycles. The van der Waals surface area contributed by atoms with E-state index in [1.54, 1.807) is 48.6 Å². The van der Waals surface area contributed by atoms with E-state index in [1.165, 1.54) is 6.08 Å². The SMILES string of the molecule is CC=Cc1cc(-c2cc(C=CC=O)ccc2O)ccc1O. The highest BCUT2D eigenvalue weighted by Crippen LogP contribution is 2.33. The second kappa shape index (κ2) is 6.57. The maximum Gasteiger partial charge on any atom is 0.142 e. The van der Waals surface area contributed by atoms with Gasteiger partial charge in [-0.2, -0.15) is 0 Å². The van der Waals surface area contributed by atoms with Crippen molar-refractivity contribution >= 4 is 18.4 Å². The van der Waals surface area contributed by atoms with Gasteiger partial charge in [-0.1, -0.05) is 30.4 Å². The fraction of sp³-hybridized carbons (Fsp3) is 0.0556. The minimum atomic E-state index is 0.148. The van der Waals surface area contributed by atoms with Gasteiger partial charge in [-0.25, -0.2) is 0 Å². The molecule has 21 heavy (non-hydrogen) atoms. The molecule has 0 aliphatic carbocycles. The molecular weight excluding hydrogens is 264 g/mol. The number of phenolic OH excluding ortho intramolecular Hbond substituents is 2. The highest BCUT2D eigenvalue weighted by atomic mass is 16.3. The van der Waals surface area contributed by atoms with Gasteiger partial charge in [0.1, 0.15) is 17.8 Å². The van der Waals surface area contributed by atoms with Gasteiger partial charge in [-0.3, -0.25) is 4.79 Å². The lowest BCUT2D eigenvalue weighted by molar-refractivity contribution is -0.104. The first-order chi connectivity index (χ1) is 10.2. The number of aromatic hydroxyl groups is 2. The molecule has 0 heterocycles. The van der Waals surface area contributed by atoms with Gasteiger partial charge >= 0.3 is 0 Å². The van der Waals surface area contributed by atoms with Crippen molar-refractivity contribution in [2.24, 2.45) is 0 Å². The van der Waals surface area contributed by atoms with E-state index >= 15 is 0 Å². The van der Waals surface area contributed by atoms with Crippen LogP contribution in [0.3, 0.4) is 0 Å². The lowest BCUT2D eigenvalue weighted by Crippen LogP contribution is -1.84. The van der Waals surface area contributed by atoms with Gasteiger partial charge in [0.15, 0.2) is 0 Å². The molecule has 3 nitrogen and oxygen atoms in total. The molecular formula is C18H16O3. The molecule has 2 N–H and O–H groups in total. The Balaban J connectivity index is 2.52. The number of carbonyl (C=O) groups is 1. The average molecular weight is 280 g/mol. The molecule has 0 aliphatic heterocycles. The van der Waals surface area contributed by atoms with Crippen molar-refractivity contribution < 1.29 is 15.0 Å². The van der Waals surface area contributed by atoms with E-state index in [-0.39, 0.29) is 11.5 Å². The summed E-state index contributed by atoms with van der Waals surface area (Å²) < 4.78 is 0. The number of rotatable bonds is 4. The monoisotopic (exact) mass is 280 g/mol. The molecule has 0 radical (unpaired) electrons. The first-order valence-electron chi connectivity index (χ1n) is 6.56. The highest BCUT2D eigenvalue weighted by molar-refractivity contribution is 5.79. The topological polar surface area (TPSA) is 57.5 Å². The number of benzene rings is 2. The van der Waals surface area contributed by atoms with E-state index in [9.17, 15) is 15.0 Å². The summed E-state index contributed by atoms with van der Waals surface area (Å²) in [4.78, 5) is 10.4. The van der Waals surface area contributed by atoms with Gasteiger partial charge < -0.3 is 10.2 Å². The van der Waals surface area contributed by atoms with E-state index in [0.717, 1.165) is 11.1 Å². The summed E-state index contributed by atoms with van der Waals surface area (Å²) in [6.45, 7) is 1.87. The van der Waals surface area contributed by atoms with Gasteiger partial charge in [0.2, 0.25) is 0 Å². The average Bonchev–Trinajstić information content (AvgIpc) is 2.49. The summed E-state index contributed by atoms with van der Waals surface area (Å²) in [5.41, 5.74) is 2.94. The van der Waals surface area contributed by atoms with Crippen LogP contribution in [0, 0.1) is 0 Å². The van der Waals surface area contributed by atoms with Crippen LogP contribution < -0.4 is 0 Å². The zero-order chi connectivity index (χ0) is 15.2. The Bertz CT molecular complexity index is 712. The lowest BCUT2D eigenvalue weighted by Gasteiger charge is -2.08. The predicted molar refractivity (Wildman–Crippen MR) is 85.0 cm³/mol. The smallest absolute Gasteiger partial charge is 0.142 e. The summed E-state index contributed by atoms with van der Waals surface area (Å²) in [5.74, 6) is 0.337. The van der Waals surface area contributed by atoms with Crippen LogP contribution in [0.2, 0.25) is 0 Å². The van der Waals surface area contributed by atoms with Crippen LogP contribution in [0.5, 0.6) is 11.5 Å². The molecule has 2 rings (SSSR count). The molecule has 0 aromatic heterocycles. The molecule has 0 saturated carbocycles. The molecule has 0 bridgehead atoms. The Hall–Kier alpha value is -2.81. The van der Waals surface area contributed by atoms with Gasteiger partial charge in [0.05, 0.1) is 0 Å². The molecule has 0 fully saturated rings. The van der Waals surface area contributed by atoms with E-state index in [2.05, 4.69) is 0 Å². The number of phenols is 2. The van der Waals surface area contributed by atoms with Crippen LogP contribution in [-0.2, 0) is 4.79 Å². The lowest BCUT2D eigenvalue weighted by atomic mass is 9.99. The van der Waals surface area contributed by atoms with E-state index in [0.29, 0.717) is 17.4 Å². The number of hydrogen-bond donors (Lipinski definition) is 2. The molecule has 0 atom stereocenters. The number of allylic oxidation sites excluding steroid dienone is 2. The highest BCUT2D eigenvalue weighted by Gasteiger charge is 2.07. The Morgan fingerprint density at radius 3 is 2.43 bits per heavy atom. The molecule has 0 aliphatic rings. The Kier molecular flexibility index (Phi) is 4.57. The van der Waals surface area contributed by atoms with E-state index in [4.69, 9.17) is 0 Å². The van der Waals surface area contributed by atoms with Crippen LogP contribution in [0.1, 0.15) is 18.1 Å². The summed E-state index contributed by atoms with van der Waals surface area (Å²) in [7, 11) is 0. The third-order valence-electron chi connectivity index (χ3n) is 3.07. The zero-order valence-corrected chi connectivity index (χ0v) is 11.7. The molecule has 0 spiro atoms. The Labute approximate surface area is 123 Å². The summed E-state index contributed by atoms with van der Waals surface area (Å²) in [6.07, 6.45) is 7.41. The second-order valence-corrected chi connectivity index (χ2v) is 4.55. The van der Waals surface area contributed by atoms with Gasteiger partial charge in [0, 0.05) is 11.1 Å². The molecule has 0 unspecified atom stereocenters. The fourth-order valence-electron chi connectivity index (χ4n) is 2.07. The fourth-order valence-corrected chi connectivity index (χ4v) is 2.07. The first kappa shape index (κ1) is 14.6. The van der Waals surface area contributed by atoms with Crippen molar-refractivity contribution in [3.63, 3.8) is 0 Å². The van der Waals surface area contributed by atoms with E-state index < -0.39 is 0 Å². The summed E-state index contributed by atoms with van der Waals surface area (Å²) >= 11 is 0. The standard InChI is InChI=1S/C18H16O3/c1-2-4-15-12-14(7-9-17(15)20)16-11-13(5-3-10-19)6-8-18(16)21/h2-12,20-21H,1H3. The molecule has 2 aromatic rings.